The van der Waals surface area contributed by atoms with Crippen LogP contribution in [0.4, 0.5) is 11.4 Å². The number of nitrogens with one attached hydrogen (secondary N) is 2. The number of anilines is 2. The fourth-order valence-electron chi connectivity index (χ4n) is 5.92. The van der Waals surface area contributed by atoms with Crippen LogP contribution in [-0.4, -0.2) is 53.2 Å². The van der Waals surface area contributed by atoms with Gasteiger partial charge in [-0.05, 0) is 60.9 Å². The molecule has 0 bridgehead atoms. The number of aliphatic imine (C=N–C) groups is 1. The molecule has 2 aromatic carbocycles. The van der Waals surface area contributed by atoms with Gasteiger partial charge in [0.15, 0.2) is 5.96 Å². The van der Waals surface area contributed by atoms with E-state index in [9.17, 15) is 9.90 Å². The van der Waals surface area contributed by atoms with Gasteiger partial charge in [-0.2, -0.15) is 0 Å². The minimum absolute atomic E-state index is 0.0287. The quantitative estimate of drug-likeness (QED) is 0.304. The van der Waals surface area contributed by atoms with E-state index in [0.29, 0.717) is 25.2 Å². The predicted octanol–water partition coefficient (Wildman–Crippen LogP) is 5.22. The Labute approximate surface area is 221 Å². The first-order valence-corrected chi connectivity index (χ1v) is 13.8. The zero-order chi connectivity index (χ0) is 26.0. The van der Waals surface area contributed by atoms with Crippen LogP contribution in [0, 0.1) is 0 Å². The Balaban J connectivity index is 1.40. The molecule has 0 atom stereocenters. The van der Waals surface area contributed by atoms with Crippen molar-refractivity contribution in [2.45, 2.75) is 82.7 Å². The van der Waals surface area contributed by atoms with Gasteiger partial charge in [-0.3, -0.25) is 4.79 Å². The van der Waals surface area contributed by atoms with Gasteiger partial charge in [-0.1, -0.05) is 64.3 Å². The van der Waals surface area contributed by atoms with Crippen molar-refractivity contribution >= 4 is 23.2 Å². The third-order valence-corrected chi connectivity index (χ3v) is 8.28. The van der Waals surface area contributed by atoms with Crippen molar-refractivity contribution < 1.29 is 9.90 Å². The van der Waals surface area contributed by atoms with Gasteiger partial charge < -0.3 is 25.5 Å². The van der Waals surface area contributed by atoms with Gasteiger partial charge in [0.1, 0.15) is 11.3 Å². The maximum Gasteiger partial charge on any atom is 0.247 e. The summed E-state index contributed by atoms with van der Waals surface area (Å²) in [5, 5.41) is 17.3. The lowest BCUT2D eigenvalue weighted by Crippen LogP contribution is -2.58. The van der Waals surface area contributed by atoms with Gasteiger partial charge in [0, 0.05) is 18.8 Å². The predicted molar refractivity (Wildman–Crippen MR) is 150 cm³/mol. The summed E-state index contributed by atoms with van der Waals surface area (Å²) in [5.41, 5.74) is 2.35. The topological polar surface area (TPSA) is 80.2 Å². The Bertz CT molecular complexity index is 1130. The molecular formula is C30H41N5O2. The molecule has 3 aliphatic rings. The van der Waals surface area contributed by atoms with E-state index in [0.717, 1.165) is 43.1 Å². The van der Waals surface area contributed by atoms with Crippen molar-refractivity contribution in [3.63, 3.8) is 0 Å². The highest BCUT2D eigenvalue weighted by atomic mass is 16.3. The SMILES string of the molecule is CC(C)(C)c1ccc(O)c(NC(=NC2CCCCC2)N2CCC3(CC2)C(=O)NCN3c2ccccc2)c1. The summed E-state index contributed by atoms with van der Waals surface area (Å²) in [7, 11) is 0. The lowest BCUT2D eigenvalue weighted by Gasteiger charge is -2.44. The average molecular weight is 504 g/mol. The molecule has 1 aliphatic carbocycles. The van der Waals surface area contributed by atoms with Gasteiger partial charge in [0.2, 0.25) is 5.91 Å². The Morgan fingerprint density at radius 3 is 2.43 bits per heavy atom. The van der Waals surface area contributed by atoms with Crippen molar-refractivity contribution in [3.05, 3.63) is 54.1 Å². The minimum atomic E-state index is -0.540. The number of amides is 1. The average Bonchev–Trinajstić information content (AvgIpc) is 3.21. The number of hydrogen-bond donors (Lipinski definition) is 3. The van der Waals surface area contributed by atoms with Crippen LogP contribution in [0.5, 0.6) is 5.75 Å². The molecule has 1 spiro atoms. The number of piperidine rings is 1. The summed E-state index contributed by atoms with van der Waals surface area (Å²) in [5.74, 6) is 1.15. The molecular weight excluding hydrogens is 462 g/mol. The molecule has 3 fully saturated rings. The van der Waals surface area contributed by atoms with E-state index in [4.69, 9.17) is 4.99 Å². The van der Waals surface area contributed by atoms with Crippen LogP contribution in [0.1, 0.15) is 71.3 Å². The van der Waals surface area contributed by atoms with E-state index in [1.54, 1.807) is 6.07 Å². The van der Waals surface area contributed by atoms with Gasteiger partial charge in [0.05, 0.1) is 18.4 Å². The summed E-state index contributed by atoms with van der Waals surface area (Å²) < 4.78 is 0. The van der Waals surface area contributed by atoms with Crippen molar-refractivity contribution in [1.82, 2.24) is 10.2 Å². The van der Waals surface area contributed by atoms with E-state index in [2.05, 4.69) is 53.3 Å². The second-order valence-corrected chi connectivity index (χ2v) is 11.8. The third kappa shape index (κ3) is 5.27. The number of carbonyl (C=O) groups excluding carboxylic acids is 1. The second kappa shape index (κ2) is 10.3. The molecule has 2 aromatic rings. The van der Waals surface area contributed by atoms with Crippen LogP contribution >= 0.6 is 0 Å². The summed E-state index contributed by atoms with van der Waals surface area (Å²) in [6.07, 6.45) is 7.32. The van der Waals surface area contributed by atoms with Gasteiger partial charge in [0.25, 0.3) is 0 Å². The Morgan fingerprint density at radius 2 is 1.76 bits per heavy atom. The summed E-state index contributed by atoms with van der Waals surface area (Å²) in [4.78, 5) is 22.9. The lowest BCUT2D eigenvalue weighted by atomic mass is 9.85. The number of benzene rings is 2. The van der Waals surface area contributed by atoms with Crippen LogP contribution in [0.2, 0.25) is 0 Å². The van der Waals surface area contributed by atoms with E-state index >= 15 is 0 Å². The molecule has 198 valence electrons. The molecule has 7 nitrogen and oxygen atoms in total. The van der Waals surface area contributed by atoms with Gasteiger partial charge in [-0.15, -0.1) is 0 Å². The number of phenolic OH excluding ortho intramolecular Hbond substituents is 1. The normalized spacial score (nSPS) is 20.8. The number of likely N-dealkylation sites (tertiary alicyclic amines) is 1. The number of nitrogens with zero attached hydrogens (tertiary/aromatic N) is 3. The number of phenols is 1. The molecule has 2 aliphatic heterocycles. The van der Waals surface area contributed by atoms with Gasteiger partial charge >= 0.3 is 0 Å². The largest absolute Gasteiger partial charge is 0.506 e. The van der Waals surface area contributed by atoms with Crippen molar-refractivity contribution in [3.8, 4) is 5.75 Å². The number of hydrogen-bond acceptors (Lipinski definition) is 4. The molecule has 1 amide bonds. The molecule has 3 N–H and O–H groups in total. The van der Waals surface area contributed by atoms with E-state index in [1.165, 1.54) is 19.3 Å². The Hall–Kier alpha value is -3.22. The van der Waals surface area contributed by atoms with E-state index in [-0.39, 0.29) is 23.1 Å². The molecule has 0 unspecified atom stereocenters. The number of para-hydroxylation sites is 1. The van der Waals surface area contributed by atoms with Crippen LogP contribution in [0.15, 0.2) is 53.5 Å². The zero-order valence-corrected chi connectivity index (χ0v) is 22.5. The molecule has 2 heterocycles. The molecule has 5 rings (SSSR count). The molecule has 2 saturated heterocycles. The smallest absolute Gasteiger partial charge is 0.247 e. The van der Waals surface area contributed by atoms with Crippen molar-refractivity contribution in [2.24, 2.45) is 4.99 Å². The van der Waals surface area contributed by atoms with Crippen LogP contribution < -0.4 is 15.5 Å². The van der Waals surface area contributed by atoms with E-state index < -0.39 is 5.54 Å². The first-order chi connectivity index (χ1) is 17.8. The van der Waals surface area contributed by atoms with Crippen LogP contribution in [0.3, 0.4) is 0 Å². The first kappa shape index (κ1) is 25.4. The lowest BCUT2D eigenvalue weighted by molar-refractivity contribution is -0.124. The molecule has 0 radical (unpaired) electrons. The fraction of sp³-hybridized carbons (Fsp3) is 0.533. The second-order valence-electron chi connectivity index (χ2n) is 11.8. The van der Waals surface area contributed by atoms with Crippen molar-refractivity contribution in [1.29, 1.82) is 0 Å². The van der Waals surface area contributed by atoms with E-state index in [1.807, 2.05) is 30.3 Å². The van der Waals surface area contributed by atoms with Crippen LogP contribution in [-0.2, 0) is 10.2 Å². The maximum atomic E-state index is 13.1. The highest BCUT2D eigenvalue weighted by molar-refractivity contribution is 5.97. The number of guanidine groups is 1. The minimum Gasteiger partial charge on any atom is -0.506 e. The van der Waals surface area contributed by atoms with Crippen LogP contribution in [0.25, 0.3) is 0 Å². The maximum absolute atomic E-state index is 13.1. The van der Waals surface area contributed by atoms with Gasteiger partial charge in [-0.25, -0.2) is 4.99 Å². The standard InChI is InChI=1S/C30H41N5O2/c1-29(2,3)22-14-15-26(36)25(20-22)33-28(32-23-10-6-4-7-11-23)34-18-16-30(17-19-34)27(37)31-21-35(30)24-12-8-5-9-13-24/h5,8-9,12-15,20,23,36H,4,6-7,10-11,16-19,21H2,1-3H3,(H,31,37)(H,32,33). The summed E-state index contributed by atoms with van der Waals surface area (Å²) >= 11 is 0. The fourth-order valence-corrected chi connectivity index (χ4v) is 5.92. The Kier molecular flexibility index (Phi) is 7.06. The summed E-state index contributed by atoms with van der Waals surface area (Å²) in [6, 6.07) is 16.3. The number of rotatable bonds is 3. The zero-order valence-electron chi connectivity index (χ0n) is 22.5. The molecule has 1 saturated carbocycles. The highest BCUT2D eigenvalue weighted by Crippen LogP contribution is 2.37. The monoisotopic (exact) mass is 503 g/mol. The molecule has 0 aromatic heterocycles. The van der Waals surface area contributed by atoms with Crippen molar-refractivity contribution in [2.75, 3.05) is 30.0 Å². The molecule has 7 heteroatoms. The Morgan fingerprint density at radius 1 is 1.05 bits per heavy atom. The number of aromatic hydroxyl groups is 1. The molecule has 37 heavy (non-hydrogen) atoms. The first-order valence-electron chi connectivity index (χ1n) is 13.8. The summed E-state index contributed by atoms with van der Waals surface area (Å²) in [6.45, 7) is 8.50. The highest BCUT2D eigenvalue weighted by Gasteiger charge is 2.50. The third-order valence-electron chi connectivity index (χ3n) is 8.28. The number of carbonyl (C=O) groups is 1.